The molecule has 0 aliphatic heterocycles. The SMILES string of the molecule is FC(F)(CCCCc1ccccc1)c1cccc(-c2ccccc2)c1. The lowest BCUT2D eigenvalue weighted by atomic mass is 9.97. The van der Waals surface area contributed by atoms with Crippen LogP contribution in [0.5, 0.6) is 0 Å². The van der Waals surface area contributed by atoms with Crippen LogP contribution in [0, 0.1) is 0 Å². The average Bonchev–Trinajstić information content (AvgIpc) is 2.67. The van der Waals surface area contributed by atoms with Crippen LogP contribution in [-0.2, 0) is 12.3 Å². The van der Waals surface area contributed by atoms with Crippen LogP contribution in [0.1, 0.15) is 30.4 Å². The third-order valence-electron chi connectivity index (χ3n) is 4.44. The van der Waals surface area contributed by atoms with Crippen molar-refractivity contribution in [3.63, 3.8) is 0 Å². The van der Waals surface area contributed by atoms with E-state index in [1.165, 1.54) is 11.6 Å². The second kappa shape index (κ2) is 8.06. The van der Waals surface area contributed by atoms with Crippen LogP contribution in [0.25, 0.3) is 11.1 Å². The minimum absolute atomic E-state index is 0.105. The highest BCUT2D eigenvalue weighted by molar-refractivity contribution is 5.64. The van der Waals surface area contributed by atoms with E-state index in [4.69, 9.17) is 0 Å². The van der Waals surface area contributed by atoms with Crippen LogP contribution in [0.3, 0.4) is 0 Å². The average molecular weight is 336 g/mol. The summed E-state index contributed by atoms with van der Waals surface area (Å²) in [5, 5.41) is 0. The smallest absolute Gasteiger partial charge is 0.201 e. The number of aryl methyl sites for hydroxylation is 1. The number of unbranched alkanes of at least 4 members (excludes halogenated alkanes) is 1. The van der Waals surface area contributed by atoms with Crippen LogP contribution in [0.15, 0.2) is 84.9 Å². The second-order valence-electron chi connectivity index (χ2n) is 6.34. The predicted molar refractivity (Wildman–Crippen MR) is 99.8 cm³/mol. The molecule has 0 heterocycles. The van der Waals surface area contributed by atoms with Gasteiger partial charge in [0.2, 0.25) is 0 Å². The van der Waals surface area contributed by atoms with E-state index in [1.54, 1.807) is 12.1 Å². The molecule has 128 valence electrons. The monoisotopic (exact) mass is 336 g/mol. The molecule has 0 nitrogen and oxygen atoms in total. The van der Waals surface area contributed by atoms with Gasteiger partial charge in [0.05, 0.1) is 0 Å². The summed E-state index contributed by atoms with van der Waals surface area (Å²) in [5.41, 5.74) is 3.11. The summed E-state index contributed by atoms with van der Waals surface area (Å²) in [4.78, 5) is 0. The highest BCUT2D eigenvalue weighted by atomic mass is 19.3. The fourth-order valence-electron chi connectivity index (χ4n) is 3.02. The molecule has 3 aromatic rings. The fraction of sp³-hybridized carbons (Fsp3) is 0.217. The fourth-order valence-corrected chi connectivity index (χ4v) is 3.02. The van der Waals surface area contributed by atoms with Gasteiger partial charge in [-0.1, -0.05) is 78.9 Å². The van der Waals surface area contributed by atoms with Gasteiger partial charge in [-0.15, -0.1) is 0 Å². The van der Waals surface area contributed by atoms with Crippen molar-refractivity contribution in [1.29, 1.82) is 0 Å². The third kappa shape index (κ3) is 4.76. The summed E-state index contributed by atoms with van der Waals surface area (Å²) in [6.07, 6.45) is 2.02. The molecule has 0 unspecified atom stereocenters. The van der Waals surface area contributed by atoms with Gasteiger partial charge in [0.1, 0.15) is 0 Å². The van der Waals surface area contributed by atoms with Crippen molar-refractivity contribution in [2.45, 2.75) is 31.6 Å². The van der Waals surface area contributed by atoms with Crippen molar-refractivity contribution in [2.75, 3.05) is 0 Å². The first-order valence-electron chi connectivity index (χ1n) is 8.73. The zero-order valence-corrected chi connectivity index (χ0v) is 14.2. The van der Waals surface area contributed by atoms with Crippen molar-refractivity contribution < 1.29 is 8.78 Å². The number of hydrogen-bond acceptors (Lipinski definition) is 0. The van der Waals surface area contributed by atoms with E-state index in [9.17, 15) is 8.78 Å². The molecule has 25 heavy (non-hydrogen) atoms. The van der Waals surface area contributed by atoms with Crippen LogP contribution >= 0.6 is 0 Å². The molecule has 0 N–H and O–H groups in total. The van der Waals surface area contributed by atoms with Gasteiger partial charge in [0.25, 0.3) is 5.92 Å². The summed E-state index contributed by atoms with van der Waals surface area (Å²) in [7, 11) is 0. The minimum atomic E-state index is -2.79. The molecule has 0 spiro atoms. The first kappa shape index (κ1) is 17.3. The summed E-state index contributed by atoms with van der Waals surface area (Å²) < 4.78 is 29.2. The lowest BCUT2D eigenvalue weighted by molar-refractivity contribution is -0.0156. The van der Waals surface area contributed by atoms with Crippen molar-refractivity contribution in [3.05, 3.63) is 96.1 Å². The van der Waals surface area contributed by atoms with E-state index in [0.717, 1.165) is 24.0 Å². The summed E-state index contributed by atoms with van der Waals surface area (Å²) in [6, 6.07) is 26.4. The topological polar surface area (TPSA) is 0 Å². The number of benzene rings is 3. The van der Waals surface area contributed by atoms with Gasteiger partial charge in [0, 0.05) is 12.0 Å². The maximum Gasteiger partial charge on any atom is 0.273 e. The Morgan fingerprint density at radius 3 is 2.00 bits per heavy atom. The summed E-state index contributed by atoms with van der Waals surface area (Å²) in [6.45, 7) is 0. The molecule has 0 aromatic heterocycles. The van der Waals surface area contributed by atoms with Gasteiger partial charge in [-0.25, -0.2) is 8.78 Å². The largest absolute Gasteiger partial charge is 0.273 e. The van der Waals surface area contributed by atoms with Crippen molar-refractivity contribution in [1.82, 2.24) is 0 Å². The number of rotatable bonds is 7. The van der Waals surface area contributed by atoms with Crippen molar-refractivity contribution >= 4 is 0 Å². The molecule has 0 aliphatic carbocycles. The van der Waals surface area contributed by atoms with E-state index in [0.29, 0.717) is 6.42 Å². The molecule has 0 amide bonds. The Labute approximate surface area is 148 Å². The molecule has 0 saturated heterocycles. The standard InChI is InChI=1S/C23H22F2/c24-23(25,17-8-7-12-19-10-3-1-4-11-19)22-16-9-15-21(18-22)20-13-5-2-6-14-20/h1-6,9-11,13-16,18H,7-8,12,17H2. The molecular formula is C23H22F2. The van der Waals surface area contributed by atoms with E-state index < -0.39 is 5.92 Å². The molecule has 0 bridgehead atoms. The molecular weight excluding hydrogens is 314 g/mol. The van der Waals surface area contributed by atoms with Gasteiger partial charge < -0.3 is 0 Å². The van der Waals surface area contributed by atoms with Crippen LogP contribution in [0.4, 0.5) is 8.78 Å². The van der Waals surface area contributed by atoms with E-state index in [2.05, 4.69) is 0 Å². The molecule has 3 aromatic carbocycles. The molecule has 2 heteroatoms. The lowest BCUT2D eigenvalue weighted by Crippen LogP contribution is -2.13. The first-order valence-corrected chi connectivity index (χ1v) is 8.73. The Balaban J connectivity index is 1.62. The molecule has 0 radical (unpaired) electrons. The van der Waals surface area contributed by atoms with Gasteiger partial charge in [0.15, 0.2) is 0 Å². The predicted octanol–water partition coefficient (Wildman–Crippen LogP) is 6.86. The maximum absolute atomic E-state index is 14.6. The quantitative estimate of drug-likeness (QED) is 0.413. The Bertz CT molecular complexity index is 779. The first-order chi connectivity index (χ1) is 12.1. The number of halogens is 2. The Morgan fingerprint density at radius 1 is 0.640 bits per heavy atom. The summed E-state index contributed by atoms with van der Waals surface area (Å²) >= 11 is 0. The van der Waals surface area contributed by atoms with Crippen LogP contribution in [0.2, 0.25) is 0 Å². The van der Waals surface area contributed by atoms with Gasteiger partial charge in [-0.2, -0.15) is 0 Å². The highest BCUT2D eigenvalue weighted by Crippen LogP contribution is 2.35. The normalized spacial score (nSPS) is 11.4. The maximum atomic E-state index is 14.6. The van der Waals surface area contributed by atoms with Crippen molar-refractivity contribution in [3.8, 4) is 11.1 Å². The highest BCUT2D eigenvalue weighted by Gasteiger charge is 2.30. The zero-order valence-electron chi connectivity index (χ0n) is 14.2. The lowest BCUT2D eigenvalue weighted by Gasteiger charge is -2.17. The summed E-state index contributed by atoms with van der Waals surface area (Å²) in [5.74, 6) is -2.79. The van der Waals surface area contributed by atoms with E-state index in [1.807, 2.05) is 66.7 Å². The van der Waals surface area contributed by atoms with Crippen molar-refractivity contribution in [2.24, 2.45) is 0 Å². The Kier molecular flexibility index (Phi) is 5.60. The van der Waals surface area contributed by atoms with E-state index >= 15 is 0 Å². The van der Waals surface area contributed by atoms with E-state index in [-0.39, 0.29) is 12.0 Å². The molecule has 0 fully saturated rings. The molecule has 0 saturated carbocycles. The molecule has 0 aliphatic rings. The van der Waals surface area contributed by atoms with Crippen LogP contribution < -0.4 is 0 Å². The van der Waals surface area contributed by atoms with Crippen LogP contribution in [-0.4, -0.2) is 0 Å². The third-order valence-corrected chi connectivity index (χ3v) is 4.44. The molecule has 3 rings (SSSR count). The Morgan fingerprint density at radius 2 is 1.28 bits per heavy atom. The minimum Gasteiger partial charge on any atom is -0.201 e. The number of alkyl halides is 2. The zero-order chi connectivity index (χ0) is 17.5. The number of hydrogen-bond donors (Lipinski definition) is 0. The Hall–Kier alpha value is -2.48. The molecule has 0 atom stereocenters. The van der Waals surface area contributed by atoms with Gasteiger partial charge in [-0.3, -0.25) is 0 Å². The second-order valence-corrected chi connectivity index (χ2v) is 6.34. The van der Waals surface area contributed by atoms with Gasteiger partial charge in [-0.05, 0) is 42.0 Å². The van der Waals surface area contributed by atoms with Gasteiger partial charge >= 0.3 is 0 Å².